The van der Waals surface area contributed by atoms with Gasteiger partial charge in [0.2, 0.25) is 0 Å². The number of rotatable bonds is 8. The lowest BCUT2D eigenvalue weighted by atomic mass is 10.1. The Morgan fingerprint density at radius 2 is 2.08 bits per heavy atom. The van der Waals surface area contributed by atoms with Crippen LogP contribution < -0.4 is 10.1 Å². The van der Waals surface area contributed by atoms with Crippen LogP contribution in [0.15, 0.2) is 35.3 Å². The van der Waals surface area contributed by atoms with E-state index in [1.165, 1.54) is 6.42 Å². The molecule has 1 N–H and O–H groups in total. The van der Waals surface area contributed by atoms with E-state index in [1.807, 2.05) is 44.3 Å². The number of halogens is 1. The molecule has 0 aromatic heterocycles. The summed E-state index contributed by atoms with van der Waals surface area (Å²) < 4.78 is 11.6. The highest BCUT2D eigenvalue weighted by atomic mass is 127. The first-order chi connectivity index (χ1) is 11.8. The van der Waals surface area contributed by atoms with Crippen LogP contribution in [0.2, 0.25) is 0 Å². The number of hydrogen-bond acceptors (Lipinski definition) is 3. The van der Waals surface area contributed by atoms with Crippen molar-refractivity contribution in [2.45, 2.75) is 32.8 Å². The molecule has 0 bridgehead atoms. The highest BCUT2D eigenvalue weighted by molar-refractivity contribution is 14.0. The first kappa shape index (κ1) is 22.0. The van der Waals surface area contributed by atoms with Crippen molar-refractivity contribution in [3.05, 3.63) is 30.3 Å². The summed E-state index contributed by atoms with van der Waals surface area (Å²) in [7, 11) is 1.84. The first-order valence-electron chi connectivity index (χ1n) is 9.01. The fourth-order valence-electron chi connectivity index (χ4n) is 2.94. The highest BCUT2D eigenvalue weighted by Crippen LogP contribution is 2.17. The van der Waals surface area contributed by atoms with Gasteiger partial charge in [-0.3, -0.25) is 4.99 Å². The maximum atomic E-state index is 6.04. The molecule has 6 heteroatoms. The van der Waals surface area contributed by atoms with Gasteiger partial charge in [0.05, 0.1) is 13.2 Å². The Morgan fingerprint density at radius 3 is 2.72 bits per heavy atom. The zero-order valence-corrected chi connectivity index (χ0v) is 17.9. The number of nitrogens with zero attached hydrogens (tertiary/aromatic N) is 2. The molecular formula is C19H32IN3O2. The summed E-state index contributed by atoms with van der Waals surface area (Å²) in [4.78, 5) is 6.75. The summed E-state index contributed by atoms with van der Waals surface area (Å²) in [6.45, 7) is 8.63. The number of ether oxygens (including phenoxy) is 2. The van der Waals surface area contributed by atoms with Crippen molar-refractivity contribution in [1.29, 1.82) is 0 Å². The summed E-state index contributed by atoms with van der Waals surface area (Å²) >= 11 is 0. The van der Waals surface area contributed by atoms with Crippen LogP contribution in [0.5, 0.6) is 5.75 Å². The third kappa shape index (κ3) is 7.40. The second-order valence-corrected chi connectivity index (χ2v) is 6.15. The van der Waals surface area contributed by atoms with E-state index in [1.54, 1.807) is 0 Å². The van der Waals surface area contributed by atoms with E-state index in [0.29, 0.717) is 5.92 Å². The van der Waals surface area contributed by atoms with E-state index < -0.39 is 0 Å². The molecule has 142 valence electrons. The minimum Gasteiger partial charge on any atom is -0.489 e. The van der Waals surface area contributed by atoms with Crippen molar-refractivity contribution < 1.29 is 9.47 Å². The lowest BCUT2D eigenvalue weighted by Gasteiger charge is -2.24. The monoisotopic (exact) mass is 461 g/mol. The van der Waals surface area contributed by atoms with Crippen molar-refractivity contribution in [2.75, 3.05) is 39.9 Å². The molecule has 0 spiro atoms. The summed E-state index contributed by atoms with van der Waals surface area (Å²) in [5.74, 6) is 2.48. The summed E-state index contributed by atoms with van der Waals surface area (Å²) in [6.07, 6.45) is 2.25. The van der Waals surface area contributed by atoms with E-state index in [9.17, 15) is 0 Å². The predicted octanol–water partition coefficient (Wildman–Crippen LogP) is 3.40. The summed E-state index contributed by atoms with van der Waals surface area (Å²) in [5, 5.41) is 3.47. The largest absolute Gasteiger partial charge is 0.489 e. The molecule has 2 unspecified atom stereocenters. The van der Waals surface area contributed by atoms with Crippen molar-refractivity contribution >= 4 is 29.9 Å². The molecule has 1 aromatic carbocycles. The Balaban J connectivity index is 0.00000312. The Bertz CT molecular complexity index is 499. The lowest BCUT2D eigenvalue weighted by molar-refractivity contribution is 0.114. The van der Waals surface area contributed by atoms with Gasteiger partial charge in [0.15, 0.2) is 5.96 Å². The highest BCUT2D eigenvalue weighted by Gasteiger charge is 2.25. The topological polar surface area (TPSA) is 46.1 Å². The fourth-order valence-corrected chi connectivity index (χ4v) is 2.94. The zero-order valence-electron chi connectivity index (χ0n) is 15.6. The van der Waals surface area contributed by atoms with Crippen LogP contribution in [0.4, 0.5) is 0 Å². The second kappa shape index (κ2) is 12.4. The molecule has 1 saturated heterocycles. The second-order valence-electron chi connectivity index (χ2n) is 6.15. The number of guanidine groups is 1. The van der Waals surface area contributed by atoms with Gasteiger partial charge in [-0.1, -0.05) is 25.1 Å². The van der Waals surface area contributed by atoms with Crippen molar-refractivity contribution in [3.8, 4) is 5.75 Å². The Kier molecular flexibility index (Phi) is 10.9. The quantitative estimate of drug-likeness (QED) is 0.366. The SMILES string of the molecule is CCOCC1CCN(C(=NC)NCC(CC)Oc2ccccc2)C1.I. The molecule has 0 aliphatic carbocycles. The van der Waals surface area contributed by atoms with Crippen LogP contribution in [0, 0.1) is 5.92 Å². The van der Waals surface area contributed by atoms with Gasteiger partial charge in [0.1, 0.15) is 11.9 Å². The molecule has 5 nitrogen and oxygen atoms in total. The van der Waals surface area contributed by atoms with Gasteiger partial charge in [-0.05, 0) is 31.9 Å². The molecule has 2 atom stereocenters. The number of likely N-dealkylation sites (tertiary alicyclic amines) is 1. The van der Waals surface area contributed by atoms with E-state index in [4.69, 9.17) is 9.47 Å². The normalized spacial score (nSPS) is 18.6. The molecule has 1 aliphatic heterocycles. The molecule has 1 aliphatic rings. The van der Waals surface area contributed by atoms with Crippen LogP contribution >= 0.6 is 24.0 Å². The van der Waals surface area contributed by atoms with Crippen molar-refractivity contribution in [3.63, 3.8) is 0 Å². The third-order valence-electron chi connectivity index (χ3n) is 4.34. The Hall–Kier alpha value is -1.02. The van der Waals surface area contributed by atoms with Crippen molar-refractivity contribution in [2.24, 2.45) is 10.9 Å². The maximum absolute atomic E-state index is 6.04. The number of para-hydroxylation sites is 1. The van der Waals surface area contributed by atoms with Gasteiger partial charge < -0.3 is 19.7 Å². The number of aliphatic imine (C=N–C) groups is 1. The average molecular weight is 461 g/mol. The van der Waals surface area contributed by atoms with Crippen LogP contribution in [0.3, 0.4) is 0 Å². The molecule has 1 heterocycles. The molecule has 2 rings (SSSR count). The minimum atomic E-state index is 0. The van der Waals surface area contributed by atoms with Gasteiger partial charge in [-0.25, -0.2) is 0 Å². The zero-order chi connectivity index (χ0) is 17.2. The smallest absolute Gasteiger partial charge is 0.193 e. The van der Waals surface area contributed by atoms with Crippen molar-refractivity contribution in [1.82, 2.24) is 10.2 Å². The van der Waals surface area contributed by atoms with Gasteiger partial charge >= 0.3 is 0 Å². The maximum Gasteiger partial charge on any atom is 0.193 e. The van der Waals surface area contributed by atoms with E-state index in [0.717, 1.165) is 51.0 Å². The van der Waals surface area contributed by atoms with Gasteiger partial charge in [-0.15, -0.1) is 24.0 Å². The minimum absolute atomic E-state index is 0. The third-order valence-corrected chi connectivity index (χ3v) is 4.34. The molecule has 25 heavy (non-hydrogen) atoms. The van der Waals surface area contributed by atoms with Crippen LogP contribution in [-0.4, -0.2) is 56.9 Å². The first-order valence-corrected chi connectivity index (χ1v) is 9.01. The van der Waals surface area contributed by atoms with Gasteiger partial charge in [-0.2, -0.15) is 0 Å². The Morgan fingerprint density at radius 1 is 1.32 bits per heavy atom. The van der Waals surface area contributed by atoms with Gasteiger partial charge in [0.25, 0.3) is 0 Å². The fraction of sp³-hybridized carbons (Fsp3) is 0.632. The molecule has 0 saturated carbocycles. The van der Waals surface area contributed by atoms with Gasteiger partial charge in [0, 0.05) is 32.7 Å². The molecule has 1 aromatic rings. The van der Waals surface area contributed by atoms with Crippen LogP contribution in [-0.2, 0) is 4.74 Å². The summed E-state index contributed by atoms with van der Waals surface area (Å²) in [6, 6.07) is 9.99. The molecule has 0 amide bonds. The van der Waals surface area contributed by atoms with E-state index >= 15 is 0 Å². The number of nitrogens with one attached hydrogen (secondary N) is 1. The van der Waals surface area contributed by atoms with Crippen LogP contribution in [0.1, 0.15) is 26.7 Å². The molecular weight excluding hydrogens is 429 g/mol. The van der Waals surface area contributed by atoms with E-state index in [-0.39, 0.29) is 30.1 Å². The molecule has 0 radical (unpaired) electrons. The van der Waals surface area contributed by atoms with Crippen LogP contribution in [0.25, 0.3) is 0 Å². The average Bonchev–Trinajstić information content (AvgIpc) is 3.09. The summed E-state index contributed by atoms with van der Waals surface area (Å²) in [5.41, 5.74) is 0. The Labute approximate surface area is 169 Å². The molecule has 1 fully saturated rings. The number of hydrogen-bond donors (Lipinski definition) is 1. The predicted molar refractivity (Wildman–Crippen MR) is 114 cm³/mol. The van der Waals surface area contributed by atoms with E-state index in [2.05, 4.69) is 22.1 Å². The lowest BCUT2D eigenvalue weighted by Crippen LogP contribution is -2.44. The standard InChI is InChI=1S/C19H31N3O2.HI/c1-4-17(24-18-9-7-6-8-10-18)13-21-19(20-3)22-12-11-16(14-22)15-23-5-2;/h6-10,16-17H,4-5,11-15H2,1-3H3,(H,20,21);1H. The number of benzene rings is 1.